The van der Waals surface area contributed by atoms with E-state index in [1.807, 2.05) is 0 Å². The van der Waals surface area contributed by atoms with Crippen molar-refractivity contribution < 1.29 is 15.0 Å². The molecule has 0 saturated carbocycles. The molecular weight excluding hydrogens is 182 g/mol. The van der Waals surface area contributed by atoms with Crippen molar-refractivity contribution in [2.45, 2.75) is 19.4 Å². The van der Waals surface area contributed by atoms with Crippen LogP contribution in [0, 0.1) is 6.92 Å². The van der Waals surface area contributed by atoms with Crippen LogP contribution in [0.5, 0.6) is 5.75 Å². The van der Waals surface area contributed by atoms with E-state index in [9.17, 15) is 9.90 Å². The normalized spacial score (nSPS) is 14.8. The number of nitrogens with two attached hydrogens (primary N) is 1. The molecule has 0 amide bonds. The van der Waals surface area contributed by atoms with Gasteiger partial charge in [-0.05, 0) is 19.4 Å². The maximum atomic E-state index is 10.8. The third kappa shape index (κ3) is 1.56. The Morgan fingerprint density at radius 2 is 2.07 bits per heavy atom. The highest BCUT2D eigenvalue weighted by Crippen LogP contribution is 2.29. The van der Waals surface area contributed by atoms with Crippen LogP contribution in [0.3, 0.4) is 0 Å². The highest BCUT2D eigenvalue weighted by atomic mass is 16.4. The molecule has 1 aromatic carbocycles. The van der Waals surface area contributed by atoms with Crippen LogP contribution in [0.1, 0.15) is 18.1 Å². The number of para-hydroxylation sites is 1. The molecule has 1 atom stereocenters. The first-order valence-electron chi connectivity index (χ1n) is 4.18. The standard InChI is InChI=1S/C10H13NO3/c1-6-4-3-5-7(8(6)12)10(2,11)9(13)14/h3-5,12H,11H2,1-2H3,(H,13,14)/t10-/m1/s1. The predicted octanol–water partition coefficient (Wildman–Crippen LogP) is 0.959. The van der Waals surface area contributed by atoms with Gasteiger partial charge in [0.25, 0.3) is 0 Å². The number of phenols is 1. The van der Waals surface area contributed by atoms with Crippen LogP contribution in [-0.4, -0.2) is 16.2 Å². The lowest BCUT2D eigenvalue weighted by Crippen LogP contribution is -2.41. The van der Waals surface area contributed by atoms with Gasteiger partial charge in [0.2, 0.25) is 0 Å². The zero-order valence-corrected chi connectivity index (χ0v) is 8.11. The van der Waals surface area contributed by atoms with E-state index in [2.05, 4.69) is 0 Å². The van der Waals surface area contributed by atoms with Crippen LogP contribution < -0.4 is 5.73 Å². The number of hydrogen-bond donors (Lipinski definition) is 3. The average molecular weight is 195 g/mol. The summed E-state index contributed by atoms with van der Waals surface area (Å²) >= 11 is 0. The summed E-state index contributed by atoms with van der Waals surface area (Å²) in [5, 5.41) is 18.5. The fourth-order valence-electron chi connectivity index (χ4n) is 1.19. The number of aliphatic carboxylic acids is 1. The number of carbonyl (C=O) groups is 1. The van der Waals surface area contributed by atoms with Gasteiger partial charge in [-0.1, -0.05) is 18.2 Å². The quantitative estimate of drug-likeness (QED) is 0.656. The molecule has 4 heteroatoms. The fourth-order valence-corrected chi connectivity index (χ4v) is 1.19. The van der Waals surface area contributed by atoms with E-state index < -0.39 is 11.5 Å². The Hall–Kier alpha value is -1.55. The summed E-state index contributed by atoms with van der Waals surface area (Å²) in [6.07, 6.45) is 0. The van der Waals surface area contributed by atoms with Crippen LogP contribution in [0.25, 0.3) is 0 Å². The van der Waals surface area contributed by atoms with Crippen molar-refractivity contribution in [3.63, 3.8) is 0 Å². The van der Waals surface area contributed by atoms with Crippen molar-refractivity contribution in [2.75, 3.05) is 0 Å². The van der Waals surface area contributed by atoms with Gasteiger partial charge in [0.05, 0.1) is 0 Å². The predicted molar refractivity (Wildman–Crippen MR) is 52.0 cm³/mol. The van der Waals surface area contributed by atoms with Crippen LogP contribution in [0.15, 0.2) is 18.2 Å². The number of aromatic hydroxyl groups is 1. The largest absolute Gasteiger partial charge is 0.507 e. The molecule has 0 aliphatic heterocycles. The smallest absolute Gasteiger partial charge is 0.328 e. The zero-order chi connectivity index (χ0) is 10.9. The van der Waals surface area contributed by atoms with Crippen molar-refractivity contribution in [2.24, 2.45) is 5.73 Å². The van der Waals surface area contributed by atoms with E-state index in [-0.39, 0.29) is 11.3 Å². The van der Waals surface area contributed by atoms with Crippen molar-refractivity contribution in [3.05, 3.63) is 29.3 Å². The minimum absolute atomic E-state index is 0.0556. The van der Waals surface area contributed by atoms with Gasteiger partial charge >= 0.3 is 5.97 Å². The van der Waals surface area contributed by atoms with Gasteiger partial charge in [0, 0.05) is 5.56 Å². The van der Waals surface area contributed by atoms with Gasteiger partial charge in [-0.15, -0.1) is 0 Å². The molecule has 0 unspecified atom stereocenters. The summed E-state index contributed by atoms with van der Waals surface area (Å²) in [5.41, 5.74) is 4.87. The lowest BCUT2D eigenvalue weighted by Gasteiger charge is -2.21. The minimum atomic E-state index is -1.56. The Balaban J connectivity index is 3.33. The minimum Gasteiger partial charge on any atom is -0.507 e. The molecule has 0 aliphatic carbocycles. The van der Waals surface area contributed by atoms with Crippen LogP contribution >= 0.6 is 0 Å². The Kier molecular flexibility index (Phi) is 2.49. The monoisotopic (exact) mass is 195 g/mol. The first-order chi connectivity index (χ1) is 6.37. The van der Waals surface area contributed by atoms with Crippen LogP contribution in [0.4, 0.5) is 0 Å². The Morgan fingerprint density at radius 1 is 1.50 bits per heavy atom. The molecule has 0 heterocycles. The van der Waals surface area contributed by atoms with E-state index in [1.165, 1.54) is 13.0 Å². The average Bonchev–Trinajstić information content (AvgIpc) is 2.09. The second kappa shape index (κ2) is 3.31. The van der Waals surface area contributed by atoms with Gasteiger partial charge in [-0.25, -0.2) is 4.79 Å². The van der Waals surface area contributed by atoms with Gasteiger partial charge in [-0.3, -0.25) is 0 Å². The van der Waals surface area contributed by atoms with Crippen molar-refractivity contribution in [1.82, 2.24) is 0 Å². The number of benzene rings is 1. The number of rotatable bonds is 2. The van der Waals surface area contributed by atoms with E-state index in [1.54, 1.807) is 19.1 Å². The lowest BCUT2D eigenvalue weighted by atomic mass is 9.91. The van der Waals surface area contributed by atoms with E-state index in [4.69, 9.17) is 10.8 Å². The highest BCUT2D eigenvalue weighted by Gasteiger charge is 2.33. The van der Waals surface area contributed by atoms with E-state index >= 15 is 0 Å². The molecule has 0 radical (unpaired) electrons. The molecule has 1 aromatic rings. The summed E-state index contributed by atoms with van der Waals surface area (Å²) in [7, 11) is 0. The molecule has 14 heavy (non-hydrogen) atoms. The summed E-state index contributed by atoms with van der Waals surface area (Å²) < 4.78 is 0. The summed E-state index contributed by atoms with van der Waals surface area (Å²) in [6, 6.07) is 4.87. The van der Waals surface area contributed by atoms with Gasteiger partial charge in [0.15, 0.2) is 0 Å². The van der Waals surface area contributed by atoms with Gasteiger partial charge < -0.3 is 15.9 Å². The van der Waals surface area contributed by atoms with Crippen molar-refractivity contribution in [3.8, 4) is 5.75 Å². The number of carboxylic acids is 1. The summed E-state index contributed by atoms with van der Waals surface area (Å²) in [6.45, 7) is 3.04. The van der Waals surface area contributed by atoms with Crippen LogP contribution in [0.2, 0.25) is 0 Å². The molecule has 4 N–H and O–H groups in total. The Bertz CT molecular complexity index is 372. The molecule has 0 spiro atoms. The fraction of sp³-hybridized carbons (Fsp3) is 0.300. The lowest BCUT2D eigenvalue weighted by molar-refractivity contribution is -0.143. The molecule has 0 aromatic heterocycles. The highest BCUT2D eigenvalue weighted by molar-refractivity contribution is 5.81. The van der Waals surface area contributed by atoms with Crippen molar-refractivity contribution >= 4 is 5.97 Å². The molecule has 0 fully saturated rings. The topological polar surface area (TPSA) is 83.6 Å². The Morgan fingerprint density at radius 3 is 2.57 bits per heavy atom. The Labute approximate surface area is 82.0 Å². The third-order valence-electron chi connectivity index (χ3n) is 2.24. The molecule has 0 saturated heterocycles. The van der Waals surface area contributed by atoms with Gasteiger partial charge in [0.1, 0.15) is 11.3 Å². The van der Waals surface area contributed by atoms with Gasteiger partial charge in [-0.2, -0.15) is 0 Å². The van der Waals surface area contributed by atoms with E-state index in [0.717, 1.165) is 0 Å². The second-order valence-electron chi connectivity index (χ2n) is 3.48. The number of aryl methyl sites for hydroxylation is 1. The summed E-state index contributed by atoms with van der Waals surface area (Å²) in [4.78, 5) is 10.8. The number of phenolic OH excluding ortho intramolecular Hbond substituents is 1. The molecule has 0 aliphatic rings. The molecule has 1 rings (SSSR count). The zero-order valence-electron chi connectivity index (χ0n) is 8.11. The number of carboxylic acid groups (broad SMARTS) is 1. The SMILES string of the molecule is Cc1cccc([C@@](C)(N)C(=O)O)c1O. The third-order valence-corrected chi connectivity index (χ3v) is 2.24. The maximum Gasteiger partial charge on any atom is 0.328 e. The first kappa shape index (κ1) is 10.5. The number of hydrogen-bond acceptors (Lipinski definition) is 3. The first-order valence-corrected chi connectivity index (χ1v) is 4.18. The van der Waals surface area contributed by atoms with Crippen LogP contribution in [-0.2, 0) is 10.3 Å². The van der Waals surface area contributed by atoms with Crippen molar-refractivity contribution in [1.29, 1.82) is 0 Å². The molecule has 0 bridgehead atoms. The second-order valence-corrected chi connectivity index (χ2v) is 3.48. The molecular formula is C10H13NO3. The molecule has 76 valence electrons. The molecule has 4 nitrogen and oxygen atoms in total. The van der Waals surface area contributed by atoms with E-state index in [0.29, 0.717) is 5.56 Å². The maximum absolute atomic E-state index is 10.8. The summed E-state index contributed by atoms with van der Waals surface area (Å²) in [5.74, 6) is -1.22.